The van der Waals surface area contributed by atoms with Crippen LogP contribution in [0.25, 0.3) is 0 Å². The monoisotopic (exact) mass is 400 g/mol. The number of carbonyl (C=O) groups is 1. The van der Waals surface area contributed by atoms with Crippen LogP contribution < -0.4 is 15.8 Å². The van der Waals surface area contributed by atoms with Crippen LogP contribution in [0.3, 0.4) is 0 Å². The lowest BCUT2D eigenvalue weighted by atomic mass is 9.54. The van der Waals surface area contributed by atoms with Gasteiger partial charge in [0.15, 0.2) is 0 Å². The van der Waals surface area contributed by atoms with Crippen LogP contribution in [-0.4, -0.2) is 41.9 Å². The van der Waals surface area contributed by atoms with Crippen molar-refractivity contribution in [1.82, 2.24) is 5.32 Å². The van der Waals surface area contributed by atoms with Crippen molar-refractivity contribution < 1.29 is 19.4 Å². The largest absolute Gasteiger partial charge is 0.491 e. The molecule has 2 rings (SSSR count). The Kier molecular flexibility index (Phi) is 8.11. The maximum Gasteiger partial charge on any atom is 0.240 e. The Hall–Kier alpha value is -1.34. The number of ether oxygens (including phenoxy) is 2. The van der Waals surface area contributed by atoms with E-state index < -0.39 is 17.1 Å². The van der Waals surface area contributed by atoms with Gasteiger partial charge in [0.25, 0.3) is 0 Å². The molecule has 1 aromatic carbocycles. The fraction of sp³-hybridized carbons (Fsp3) is 0.650. The molecule has 0 heterocycles. The Morgan fingerprint density at radius 2 is 2.07 bits per heavy atom. The van der Waals surface area contributed by atoms with E-state index in [-0.39, 0.29) is 37.1 Å². The van der Waals surface area contributed by atoms with Gasteiger partial charge in [-0.2, -0.15) is 0 Å². The minimum absolute atomic E-state index is 0. The average Bonchev–Trinajstić information content (AvgIpc) is 2.58. The number of hydrogen-bond acceptors (Lipinski definition) is 5. The van der Waals surface area contributed by atoms with Crippen LogP contribution in [0.15, 0.2) is 24.3 Å². The number of aliphatic hydroxyl groups is 1. The van der Waals surface area contributed by atoms with Gasteiger partial charge in [0, 0.05) is 25.0 Å². The molecule has 1 aliphatic carbocycles. The van der Waals surface area contributed by atoms with Crippen LogP contribution in [0.4, 0.5) is 0 Å². The Morgan fingerprint density at radius 3 is 2.63 bits per heavy atom. The molecule has 0 aliphatic heterocycles. The molecule has 0 bridgehead atoms. The highest BCUT2D eigenvalue weighted by molar-refractivity contribution is 5.88. The number of benzene rings is 1. The summed E-state index contributed by atoms with van der Waals surface area (Å²) in [7, 11) is 0. The van der Waals surface area contributed by atoms with E-state index in [4.69, 9.17) is 15.2 Å². The molecule has 1 aliphatic rings. The third kappa shape index (κ3) is 4.93. The van der Waals surface area contributed by atoms with Crippen molar-refractivity contribution in [2.75, 3.05) is 13.2 Å². The molecule has 3 atom stereocenters. The molecule has 3 unspecified atom stereocenters. The maximum absolute atomic E-state index is 12.6. The van der Waals surface area contributed by atoms with Crippen molar-refractivity contribution >= 4 is 18.3 Å². The summed E-state index contributed by atoms with van der Waals surface area (Å²) in [6.07, 6.45) is -0.325. The summed E-state index contributed by atoms with van der Waals surface area (Å²) < 4.78 is 11.3. The molecule has 154 valence electrons. The smallest absolute Gasteiger partial charge is 0.240 e. The van der Waals surface area contributed by atoms with E-state index in [1.165, 1.54) is 0 Å². The van der Waals surface area contributed by atoms with E-state index in [0.29, 0.717) is 24.3 Å². The summed E-state index contributed by atoms with van der Waals surface area (Å²) in [5.74, 6) is 0.435. The van der Waals surface area contributed by atoms with Crippen LogP contribution in [0, 0.1) is 5.41 Å². The van der Waals surface area contributed by atoms with Crippen molar-refractivity contribution in [2.45, 2.75) is 64.9 Å². The van der Waals surface area contributed by atoms with Crippen molar-refractivity contribution in [3.8, 4) is 5.75 Å². The van der Waals surface area contributed by atoms with E-state index >= 15 is 0 Å². The quantitative estimate of drug-likeness (QED) is 0.623. The number of nitrogens with two attached hydrogens (primary N) is 1. The second kappa shape index (κ2) is 9.24. The first kappa shape index (κ1) is 23.7. The van der Waals surface area contributed by atoms with E-state index in [9.17, 15) is 9.90 Å². The molecule has 1 fully saturated rings. The molecule has 0 spiro atoms. The van der Waals surface area contributed by atoms with Gasteiger partial charge in [0.1, 0.15) is 11.3 Å². The van der Waals surface area contributed by atoms with Crippen molar-refractivity contribution in [2.24, 2.45) is 11.1 Å². The summed E-state index contributed by atoms with van der Waals surface area (Å²) in [5, 5.41) is 13.2. The van der Waals surface area contributed by atoms with E-state index in [0.717, 1.165) is 0 Å². The molecule has 1 amide bonds. The molecular formula is C20H33ClN2O4. The Morgan fingerprint density at radius 1 is 1.41 bits per heavy atom. The zero-order valence-electron chi connectivity index (χ0n) is 16.8. The van der Waals surface area contributed by atoms with Gasteiger partial charge in [0.2, 0.25) is 5.91 Å². The average molecular weight is 401 g/mol. The maximum atomic E-state index is 12.6. The summed E-state index contributed by atoms with van der Waals surface area (Å²) in [6.45, 7) is 10.4. The van der Waals surface area contributed by atoms with Crippen LogP contribution in [-0.2, 0) is 9.53 Å². The Labute approximate surface area is 168 Å². The minimum atomic E-state index is -0.991. The van der Waals surface area contributed by atoms with Gasteiger partial charge >= 0.3 is 0 Å². The molecule has 1 saturated carbocycles. The molecule has 4 N–H and O–H groups in total. The predicted molar refractivity (Wildman–Crippen MR) is 108 cm³/mol. The second-order valence-electron chi connectivity index (χ2n) is 7.81. The van der Waals surface area contributed by atoms with Crippen molar-refractivity contribution in [3.63, 3.8) is 0 Å². The number of halogens is 1. The standard InChI is InChI=1S/C20H32N2O4.ClH/c1-6-25-17-11-20(21,19(17,4)5)18(24)22-12-16(23)14-8-7-9-15(10-14)26-13(2)3;/h7-10,13,16-17,23H,6,11-12,21H2,1-5H3,(H,22,24);1H. The van der Waals surface area contributed by atoms with E-state index in [1.807, 2.05) is 46.8 Å². The topological polar surface area (TPSA) is 93.8 Å². The molecule has 0 aromatic heterocycles. The number of hydrogen-bond donors (Lipinski definition) is 3. The molecule has 0 radical (unpaired) electrons. The predicted octanol–water partition coefficient (Wildman–Crippen LogP) is 2.58. The van der Waals surface area contributed by atoms with Gasteiger partial charge in [-0.3, -0.25) is 4.79 Å². The van der Waals surface area contributed by atoms with E-state index in [1.54, 1.807) is 12.1 Å². The van der Waals surface area contributed by atoms with Gasteiger partial charge in [-0.15, -0.1) is 12.4 Å². The van der Waals surface area contributed by atoms with E-state index in [2.05, 4.69) is 5.32 Å². The first-order chi connectivity index (χ1) is 12.1. The molecular weight excluding hydrogens is 368 g/mol. The summed E-state index contributed by atoms with van der Waals surface area (Å²) >= 11 is 0. The van der Waals surface area contributed by atoms with Gasteiger partial charge in [-0.1, -0.05) is 26.0 Å². The first-order valence-electron chi connectivity index (χ1n) is 9.25. The third-order valence-electron chi connectivity index (χ3n) is 5.31. The van der Waals surface area contributed by atoms with Crippen molar-refractivity contribution in [1.29, 1.82) is 0 Å². The Bertz CT molecular complexity index is 638. The normalized spacial score (nSPS) is 24.5. The van der Waals surface area contributed by atoms with Crippen LogP contribution >= 0.6 is 12.4 Å². The zero-order chi connectivity index (χ0) is 19.5. The molecule has 1 aromatic rings. The van der Waals surface area contributed by atoms with Gasteiger partial charge in [-0.05, 0) is 38.5 Å². The number of rotatable bonds is 8. The van der Waals surface area contributed by atoms with Crippen molar-refractivity contribution in [3.05, 3.63) is 29.8 Å². The second-order valence-corrected chi connectivity index (χ2v) is 7.81. The molecule has 0 saturated heterocycles. The highest BCUT2D eigenvalue weighted by Gasteiger charge is 2.62. The highest BCUT2D eigenvalue weighted by atomic mass is 35.5. The third-order valence-corrected chi connectivity index (χ3v) is 5.31. The summed E-state index contributed by atoms with van der Waals surface area (Å²) in [5.41, 5.74) is 5.60. The molecule has 6 nitrogen and oxygen atoms in total. The fourth-order valence-corrected chi connectivity index (χ4v) is 3.35. The zero-order valence-corrected chi connectivity index (χ0v) is 17.6. The first-order valence-corrected chi connectivity index (χ1v) is 9.25. The lowest BCUT2D eigenvalue weighted by Crippen LogP contribution is -2.75. The number of nitrogens with one attached hydrogen (secondary N) is 1. The lowest BCUT2D eigenvalue weighted by Gasteiger charge is -2.57. The highest BCUT2D eigenvalue weighted by Crippen LogP contribution is 2.49. The number of carbonyl (C=O) groups excluding carboxylic acids is 1. The van der Waals surface area contributed by atoms with Crippen LogP contribution in [0.5, 0.6) is 5.75 Å². The molecule has 7 heteroatoms. The lowest BCUT2D eigenvalue weighted by molar-refractivity contribution is -0.170. The number of amides is 1. The minimum Gasteiger partial charge on any atom is -0.491 e. The SMILES string of the molecule is CCOC1CC(N)(C(=O)NCC(O)c2cccc(OC(C)C)c2)C1(C)C.Cl. The van der Waals surface area contributed by atoms with Gasteiger partial charge in [-0.25, -0.2) is 0 Å². The number of aliphatic hydroxyl groups excluding tert-OH is 1. The van der Waals surface area contributed by atoms with Gasteiger partial charge in [0.05, 0.1) is 18.3 Å². The van der Waals surface area contributed by atoms with Gasteiger partial charge < -0.3 is 25.6 Å². The summed E-state index contributed by atoms with van der Waals surface area (Å²) in [4.78, 5) is 12.6. The fourth-order valence-electron chi connectivity index (χ4n) is 3.35. The molecule has 27 heavy (non-hydrogen) atoms. The van der Waals surface area contributed by atoms with Crippen LogP contribution in [0.1, 0.15) is 52.7 Å². The Balaban J connectivity index is 0.00000364. The summed E-state index contributed by atoms with van der Waals surface area (Å²) in [6, 6.07) is 7.26. The van der Waals surface area contributed by atoms with Crippen LogP contribution in [0.2, 0.25) is 0 Å².